The molecule has 0 aromatic carbocycles. The molecule has 1 heterocycles. The molecule has 0 bridgehead atoms. The van der Waals surface area contributed by atoms with Gasteiger partial charge in [-0.1, -0.05) is 0 Å². The van der Waals surface area contributed by atoms with Gasteiger partial charge in [-0.2, -0.15) is 11.3 Å². The fraction of sp³-hybridized carbons (Fsp3) is 0.636. The highest BCUT2D eigenvalue weighted by atomic mass is 32.1. The van der Waals surface area contributed by atoms with Gasteiger partial charge in [0.2, 0.25) is 0 Å². The minimum atomic E-state index is -2.37. The average molecular weight is 249 g/mol. The number of halogens is 2. The predicted octanol–water partition coefficient (Wildman–Crippen LogP) is 2.55. The first-order valence-electron chi connectivity index (χ1n) is 5.26. The second-order valence-corrected chi connectivity index (χ2v) is 4.36. The Hall–Kier alpha value is -0.520. The summed E-state index contributed by atoms with van der Waals surface area (Å²) in [6.45, 7) is -0.0884. The Labute approximate surface area is 98.6 Å². The Morgan fingerprint density at radius 1 is 1.50 bits per heavy atom. The minimum Gasteiger partial charge on any atom is -0.375 e. The van der Waals surface area contributed by atoms with E-state index in [1.54, 1.807) is 11.3 Å². The van der Waals surface area contributed by atoms with Gasteiger partial charge in [-0.15, -0.1) is 0 Å². The van der Waals surface area contributed by atoms with Gasteiger partial charge in [0, 0.05) is 12.6 Å². The third-order valence-corrected chi connectivity index (χ3v) is 3.06. The number of ether oxygens (including phenoxy) is 1. The molecule has 2 nitrogen and oxygen atoms in total. The highest BCUT2D eigenvalue weighted by Crippen LogP contribution is 2.10. The highest BCUT2D eigenvalue weighted by molar-refractivity contribution is 7.07. The van der Waals surface area contributed by atoms with E-state index >= 15 is 0 Å². The SMILES string of the molecule is CNC(CCOCC(F)F)Cc1ccsc1. The maximum atomic E-state index is 11.8. The molecule has 0 radical (unpaired) electrons. The number of rotatable bonds is 8. The Bertz CT molecular complexity index is 267. The summed E-state index contributed by atoms with van der Waals surface area (Å²) in [6, 6.07) is 2.36. The summed E-state index contributed by atoms with van der Waals surface area (Å²) in [4.78, 5) is 0. The van der Waals surface area contributed by atoms with Crippen LogP contribution in [0.2, 0.25) is 0 Å². The van der Waals surface area contributed by atoms with Gasteiger partial charge in [-0.3, -0.25) is 0 Å². The van der Waals surface area contributed by atoms with E-state index < -0.39 is 13.0 Å². The van der Waals surface area contributed by atoms with Crippen LogP contribution in [0.25, 0.3) is 0 Å². The van der Waals surface area contributed by atoms with Gasteiger partial charge in [-0.25, -0.2) is 8.78 Å². The standard InChI is InChI=1S/C11H17F2NOS/c1-14-10(2-4-15-7-11(12)13)6-9-3-5-16-8-9/h3,5,8,10-11,14H,2,4,6-7H2,1H3. The molecule has 0 aliphatic rings. The molecule has 1 aromatic heterocycles. The van der Waals surface area contributed by atoms with E-state index in [1.807, 2.05) is 12.4 Å². The van der Waals surface area contributed by atoms with Gasteiger partial charge < -0.3 is 10.1 Å². The number of likely N-dealkylation sites (N-methyl/N-ethyl adjacent to an activating group) is 1. The molecule has 1 aromatic rings. The zero-order valence-corrected chi connectivity index (χ0v) is 10.1. The molecule has 1 rings (SSSR count). The number of hydrogen-bond donors (Lipinski definition) is 1. The van der Waals surface area contributed by atoms with Gasteiger partial charge in [0.1, 0.15) is 6.61 Å². The van der Waals surface area contributed by atoms with E-state index in [4.69, 9.17) is 4.74 Å². The molecule has 0 saturated heterocycles. The minimum absolute atomic E-state index is 0.285. The normalized spacial score (nSPS) is 13.2. The zero-order chi connectivity index (χ0) is 11.8. The van der Waals surface area contributed by atoms with E-state index in [2.05, 4.69) is 16.8 Å². The van der Waals surface area contributed by atoms with Crippen molar-refractivity contribution >= 4 is 11.3 Å². The van der Waals surface area contributed by atoms with Crippen molar-refractivity contribution in [3.8, 4) is 0 Å². The second-order valence-electron chi connectivity index (χ2n) is 3.58. The van der Waals surface area contributed by atoms with Crippen molar-refractivity contribution in [3.05, 3.63) is 22.4 Å². The highest BCUT2D eigenvalue weighted by Gasteiger charge is 2.08. The van der Waals surface area contributed by atoms with Crippen LogP contribution in [0.5, 0.6) is 0 Å². The fourth-order valence-electron chi connectivity index (χ4n) is 1.44. The first-order valence-corrected chi connectivity index (χ1v) is 6.21. The molecule has 5 heteroatoms. The molecule has 16 heavy (non-hydrogen) atoms. The van der Waals surface area contributed by atoms with Crippen molar-refractivity contribution in [1.29, 1.82) is 0 Å². The van der Waals surface area contributed by atoms with Crippen molar-refractivity contribution in [2.45, 2.75) is 25.3 Å². The summed E-state index contributed by atoms with van der Waals surface area (Å²) in [7, 11) is 1.88. The number of nitrogens with one attached hydrogen (secondary N) is 1. The molecule has 0 fully saturated rings. The summed E-state index contributed by atoms with van der Waals surface area (Å²) >= 11 is 1.67. The molecule has 1 N–H and O–H groups in total. The zero-order valence-electron chi connectivity index (χ0n) is 9.29. The molecule has 0 aliphatic carbocycles. The summed E-state index contributed by atoms with van der Waals surface area (Å²) in [5, 5.41) is 7.30. The van der Waals surface area contributed by atoms with E-state index in [9.17, 15) is 8.78 Å². The molecule has 1 atom stereocenters. The third-order valence-electron chi connectivity index (χ3n) is 2.32. The van der Waals surface area contributed by atoms with Crippen LogP contribution in [0.15, 0.2) is 16.8 Å². The maximum Gasteiger partial charge on any atom is 0.261 e. The molecule has 0 saturated carbocycles. The Kier molecular flexibility index (Phi) is 6.52. The Morgan fingerprint density at radius 2 is 2.31 bits per heavy atom. The molecular weight excluding hydrogens is 232 g/mol. The molecule has 0 aliphatic heterocycles. The number of hydrogen-bond acceptors (Lipinski definition) is 3. The van der Waals surface area contributed by atoms with Gasteiger partial charge in [-0.05, 0) is 42.3 Å². The van der Waals surface area contributed by atoms with Crippen LogP contribution in [0.4, 0.5) is 8.78 Å². The van der Waals surface area contributed by atoms with Crippen LogP contribution >= 0.6 is 11.3 Å². The van der Waals surface area contributed by atoms with Crippen LogP contribution in [-0.2, 0) is 11.2 Å². The monoisotopic (exact) mass is 249 g/mol. The van der Waals surface area contributed by atoms with Gasteiger partial charge in [0.15, 0.2) is 0 Å². The average Bonchev–Trinajstić information content (AvgIpc) is 2.75. The lowest BCUT2D eigenvalue weighted by Crippen LogP contribution is -2.29. The molecule has 92 valence electrons. The van der Waals surface area contributed by atoms with Crippen LogP contribution in [0.1, 0.15) is 12.0 Å². The van der Waals surface area contributed by atoms with Gasteiger partial charge in [0.05, 0.1) is 0 Å². The number of alkyl halides is 2. The van der Waals surface area contributed by atoms with Crippen molar-refractivity contribution in [2.24, 2.45) is 0 Å². The number of thiophene rings is 1. The second kappa shape index (κ2) is 7.70. The van der Waals surface area contributed by atoms with Crippen molar-refractivity contribution < 1.29 is 13.5 Å². The van der Waals surface area contributed by atoms with E-state index in [0.717, 1.165) is 12.8 Å². The Balaban J connectivity index is 2.17. The van der Waals surface area contributed by atoms with Gasteiger partial charge >= 0.3 is 0 Å². The summed E-state index contributed by atoms with van der Waals surface area (Å²) in [5.41, 5.74) is 1.28. The largest absolute Gasteiger partial charge is 0.375 e. The Morgan fingerprint density at radius 3 is 2.88 bits per heavy atom. The van der Waals surface area contributed by atoms with Crippen LogP contribution < -0.4 is 5.32 Å². The first-order chi connectivity index (χ1) is 7.72. The van der Waals surface area contributed by atoms with Crippen molar-refractivity contribution in [1.82, 2.24) is 5.32 Å². The van der Waals surface area contributed by atoms with Crippen LogP contribution in [0.3, 0.4) is 0 Å². The predicted molar refractivity (Wildman–Crippen MR) is 62.3 cm³/mol. The van der Waals surface area contributed by atoms with Crippen molar-refractivity contribution in [3.63, 3.8) is 0 Å². The lowest BCUT2D eigenvalue weighted by molar-refractivity contribution is 0.0146. The molecular formula is C11H17F2NOS. The smallest absolute Gasteiger partial charge is 0.261 e. The lowest BCUT2D eigenvalue weighted by atomic mass is 10.1. The molecule has 0 spiro atoms. The summed E-state index contributed by atoms with van der Waals surface area (Å²) in [5.74, 6) is 0. The van der Waals surface area contributed by atoms with E-state index in [0.29, 0.717) is 6.61 Å². The fourth-order valence-corrected chi connectivity index (χ4v) is 2.12. The maximum absolute atomic E-state index is 11.8. The van der Waals surface area contributed by atoms with E-state index in [1.165, 1.54) is 5.56 Å². The summed E-state index contributed by atoms with van der Waals surface area (Å²) < 4.78 is 28.5. The quantitative estimate of drug-likeness (QED) is 0.715. The molecule has 0 amide bonds. The molecule has 1 unspecified atom stereocenters. The topological polar surface area (TPSA) is 21.3 Å². The summed E-state index contributed by atoms with van der Waals surface area (Å²) in [6.07, 6.45) is -0.707. The van der Waals surface area contributed by atoms with Crippen LogP contribution in [-0.4, -0.2) is 32.7 Å². The third kappa shape index (κ3) is 5.53. The van der Waals surface area contributed by atoms with Crippen molar-refractivity contribution in [2.75, 3.05) is 20.3 Å². The lowest BCUT2D eigenvalue weighted by Gasteiger charge is -2.15. The van der Waals surface area contributed by atoms with E-state index in [-0.39, 0.29) is 6.04 Å². The first kappa shape index (κ1) is 13.5. The van der Waals surface area contributed by atoms with Crippen LogP contribution in [0, 0.1) is 0 Å². The van der Waals surface area contributed by atoms with Gasteiger partial charge in [0.25, 0.3) is 6.43 Å².